The number of Topliss-reactive ketones (excluding diaryl/α,β-unsaturated/α-hetero) is 1. The van der Waals surface area contributed by atoms with Crippen molar-refractivity contribution in [3.63, 3.8) is 0 Å². The van der Waals surface area contributed by atoms with E-state index in [-0.39, 0.29) is 17.8 Å². The molecule has 0 bridgehead atoms. The summed E-state index contributed by atoms with van der Waals surface area (Å²) in [5.41, 5.74) is 0.0886. The van der Waals surface area contributed by atoms with E-state index in [0.29, 0.717) is 18.7 Å². The lowest BCUT2D eigenvalue weighted by Crippen LogP contribution is -2.44. The summed E-state index contributed by atoms with van der Waals surface area (Å²) in [6.07, 6.45) is 4.49. The average molecular weight is 290 g/mol. The van der Waals surface area contributed by atoms with Gasteiger partial charge in [-0.15, -0.1) is 0 Å². The zero-order valence-corrected chi connectivity index (χ0v) is 12.8. The SMILES string of the molecule is CC(C)(C)OC(=O)N1CCCC(C(=O)c2cccnc2)C1. The molecule has 0 radical (unpaired) electrons. The molecule has 1 saturated heterocycles. The highest BCUT2D eigenvalue weighted by molar-refractivity contribution is 5.97. The van der Waals surface area contributed by atoms with Crippen LogP contribution in [-0.2, 0) is 4.74 Å². The van der Waals surface area contributed by atoms with E-state index in [1.54, 1.807) is 29.4 Å². The van der Waals surface area contributed by atoms with Gasteiger partial charge in [0.2, 0.25) is 0 Å². The number of ether oxygens (including phenoxy) is 1. The zero-order valence-electron chi connectivity index (χ0n) is 12.8. The van der Waals surface area contributed by atoms with Crippen molar-refractivity contribution < 1.29 is 14.3 Å². The topological polar surface area (TPSA) is 59.5 Å². The number of amides is 1. The molecule has 2 rings (SSSR count). The van der Waals surface area contributed by atoms with Crippen LogP contribution in [0.5, 0.6) is 0 Å². The van der Waals surface area contributed by atoms with E-state index < -0.39 is 5.60 Å². The predicted octanol–water partition coefficient (Wildman–Crippen LogP) is 2.91. The molecule has 1 aromatic rings. The molecular weight excluding hydrogens is 268 g/mol. The number of carbonyl (C=O) groups is 2. The molecule has 1 atom stereocenters. The van der Waals surface area contributed by atoms with Crippen molar-refractivity contribution in [3.05, 3.63) is 30.1 Å². The Morgan fingerprint density at radius 3 is 2.76 bits per heavy atom. The van der Waals surface area contributed by atoms with Crippen molar-refractivity contribution in [1.29, 1.82) is 0 Å². The summed E-state index contributed by atoms with van der Waals surface area (Å²) in [4.78, 5) is 30.1. The molecule has 0 spiro atoms. The first-order valence-electron chi connectivity index (χ1n) is 7.29. The number of pyridine rings is 1. The van der Waals surface area contributed by atoms with Gasteiger partial charge in [-0.1, -0.05) is 0 Å². The van der Waals surface area contributed by atoms with Crippen LogP contribution in [0.1, 0.15) is 44.0 Å². The number of likely N-dealkylation sites (tertiary alicyclic amines) is 1. The third-order valence-electron chi connectivity index (χ3n) is 3.39. The Morgan fingerprint density at radius 1 is 1.38 bits per heavy atom. The van der Waals surface area contributed by atoms with E-state index >= 15 is 0 Å². The molecule has 1 fully saturated rings. The van der Waals surface area contributed by atoms with Crippen molar-refractivity contribution in [2.75, 3.05) is 13.1 Å². The normalized spacial score (nSPS) is 19.2. The van der Waals surface area contributed by atoms with Gasteiger partial charge >= 0.3 is 6.09 Å². The molecule has 2 heterocycles. The average Bonchev–Trinajstić information content (AvgIpc) is 2.46. The highest BCUT2D eigenvalue weighted by atomic mass is 16.6. The molecule has 0 N–H and O–H groups in total. The predicted molar refractivity (Wildman–Crippen MR) is 79.1 cm³/mol. The first-order valence-corrected chi connectivity index (χ1v) is 7.29. The minimum Gasteiger partial charge on any atom is -0.444 e. The highest BCUT2D eigenvalue weighted by Crippen LogP contribution is 2.22. The fourth-order valence-electron chi connectivity index (χ4n) is 2.43. The fraction of sp³-hybridized carbons (Fsp3) is 0.562. The second-order valence-corrected chi connectivity index (χ2v) is 6.37. The van der Waals surface area contributed by atoms with Gasteiger partial charge in [0.05, 0.1) is 0 Å². The van der Waals surface area contributed by atoms with E-state index in [1.807, 2.05) is 20.8 Å². The number of hydrogen-bond donors (Lipinski definition) is 0. The maximum Gasteiger partial charge on any atom is 0.410 e. The molecule has 21 heavy (non-hydrogen) atoms. The van der Waals surface area contributed by atoms with E-state index in [4.69, 9.17) is 4.74 Å². The van der Waals surface area contributed by atoms with Crippen molar-refractivity contribution in [2.45, 2.75) is 39.2 Å². The molecular formula is C16H22N2O3. The van der Waals surface area contributed by atoms with Gasteiger partial charge in [-0.05, 0) is 45.7 Å². The van der Waals surface area contributed by atoms with Crippen LogP contribution in [0.2, 0.25) is 0 Å². The summed E-state index contributed by atoms with van der Waals surface area (Å²) in [6.45, 7) is 6.59. The quantitative estimate of drug-likeness (QED) is 0.786. The van der Waals surface area contributed by atoms with Crippen molar-refractivity contribution in [1.82, 2.24) is 9.88 Å². The number of carbonyl (C=O) groups excluding carboxylic acids is 2. The van der Waals surface area contributed by atoms with E-state index in [2.05, 4.69) is 4.98 Å². The van der Waals surface area contributed by atoms with Crippen molar-refractivity contribution in [3.8, 4) is 0 Å². The summed E-state index contributed by atoms with van der Waals surface area (Å²) in [5.74, 6) is -0.119. The van der Waals surface area contributed by atoms with Gasteiger partial charge in [0, 0.05) is 37.0 Å². The Bertz CT molecular complexity index is 508. The molecule has 1 aromatic heterocycles. The van der Waals surface area contributed by atoms with Gasteiger partial charge in [0.1, 0.15) is 5.60 Å². The minimum absolute atomic E-state index is 0.0522. The molecule has 0 saturated carbocycles. The molecule has 0 aromatic carbocycles. The zero-order chi connectivity index (χ0) is 15.5. The summed E-state index contributed by atoms with van der Waals surface area (Å²) in [6, 6.07) is 3.52. The number of rotatable bonds is 2. The smallest absolute Gasteiger partial charge is 0.410 e. The van der Waals surface area contributed by atoms with Gasteiger partial charge in [0.15, 0.2) is 5.78 Å². The second-order valence-electron chi connectivity index (χ2n) is 6.37. The standard InChI is InChI=1S/C16H22N2O3/c1-16(2,3)21-15(20)18-9-5-7-13(11-18)14(19)12-6-4-8-17-10-12/h4,6,8,10,13H,5,7,9,11H2,1-3H3. The van der Waals surface area contributed by atoms with Crippen LogP contribution in [-0.4, -0.2) is 40.5 Å². The van der Waals surface area contributed by atoms with E-state index in [0.717, 1.165) is 12.8 Å². The van der Waals surface area contributed by atoms with Crippen molar-refractivity contribution in [2.24, 2.45) is 5.92 Å². The van der Waals surface area contributed by atoms with Crippen LogP contribution in [0.25, 0.3) is 0 Å². The van der Waals surface area contributed by atoms with Gasteiger partial charge in [-0.25, -0.2) is 4.79 Å². The maximum atomic E-state index is 12.4. The Labute approximate surface area is 125 Å². The summed E-state index contributed by atoms with van der Waals surface area (Å²) >= 11 is 0. The number of aromatic nitrogens is 1. The molecule has 0 aliphatic carbocycles. The summed E-state index contributed by atoms with van der Waals surface area (Å²) in [7, 11) is 0. The van der Waals surface area contributed by atoms with Crippen LogP contribution in [0.4, 0.5) is 4.79 Å². The minimum atomic E-state index is -0.516. The molecule has 1 aliphatic rings. The van der Waals surface area contributed by atoms with Gasteiger partial charge < -0.3 is 9.64 Å². The van der Waals surface area contributed by atoms with Gasteiger partial charge in [-0.3, -0.25) is 9.78 Å². The van der Waals surface area contributed by atoms with Crippen molar-refractivity contribution >= 4 is 11.9 Å². The largest absolute Gasteiger partial charge is 0.444 e. The third kappa shape index (κ3) is 4.28. The molecule has 114 valence electrons. The van der Waals surface area contributed by atoms with Gasteiger partial charge in [0.25, 0.3) is 0 Å². The van der Waals surface area contributed by atoms with E-state index in [1.165, 1.54) is 0 Å². The number of piperidine rings is 1. The van der Waals surface area contributed by atoms with Crippen LogP contribution in [0, 0.1) is 5.92 Å². The maximum absolute atomic E-state index is 12.4. The fourth-order valence-corrected chi connectivity index (χ4v) is 2.43. The molecule has 5 heteroatoms. The lowest BCUT2D eigenvalue weighted by atomic mass is 9.91. The molecule has 5 nitrogen and oxygen atoms in total. The lowest BCUT2D eigenvalue weighted by Gasteiger charge is -2.33. The number of ketones is 1. The highest BCUT2D eigenvalue weighted by Gasteiger charge is 2.31. The van der Waals surface area contributed by atoms with Crippen LogP contribution >= 0.6 is 0 Å². The Hall–Kier alpha value is -1.91. The van der Waals surface area contributed by atoms with Crippen LogP contribution in [0.15, 0.2) is 24.5 Å². The number of nitrogens with zero attached hydrogens (tertiary/aromatic N) is 2. The lowest BCUT2D eigenvalue weighted by molar-refractivity contribution is 0.0172. The summed E-state index contributed by atoms with van der Waals surface area (Å²) in [5, 5.41) is 0. The van der Waals surface area contributed by atoms with Crippen LogP contribution in [0.3, 0.4) is 0 Å². The summed E-state index contributed by atoms with van der Waals surface area (Å²) < 4.78 is 5.37. The third-order valence-corrected chi connectivity index (χ3v) is 3.39. The molecule has 1 amide bonds. The second kappa shape index (κ2) is 6.24. The monoisotopic (exact) mass is 290 g/mol. The molecule has 1 unspecified atom stereocenters. The Kier molecular flexibility index (Phi) is 4.60. The van der Waals surface area contributed by atoms with Crippen LogP contribution < -0.4 is 0 Å². The molecule has 1 aliphatic heterocycles. The first-order chi connectivity index (χ1) is 9.87. The van der Waals surface area contributed by atoms with E-state index in [9.17, 15) is 9.59 Å². The first kappa shape index (κ1) is 15.5. The number of hydrogen-bond acceptors (Lipinski definition) is 4. The Balaban J connectivity index is 2.01. The van der Waals surface area contributed by atoms with Gasteiger partial charge in [-0.2, -0.15) is 0 Å². The Morgan fingerprint density at radius 2 is 2.14 bits per heavy atom.